The van der Waals surface area contributed by atoms with Crippen molar-refractivity contribution in [2.45, 2.75) is 19.4 Å². The lowest BCUT2D eigenvalue weighted by molar-refractivity contribution is -0.139. The van der Waals surface area contributed by atoms with Crippen molar-refractivity contribution >= 4 is 23.1 Å². The second-order valence-corrected chi connectivity index (χ2v) is 8.03. The van der Waals surface area contributed by atoms with Crippen LogP contribution in [0.5, 0.6) is 0 Å². The Hall–Kier alpha value is -3.45. The van der Waals surface area contributed by atoms with Crippen LogP contribution in [0.4, 0.5) is 0 Å². The van der Waals surface area contributed by atoms with E-state index in [2.05, 4.69) is 4.98 Å². The molecule has 1 N–H and O–H groups in total. The van der Waals surface area contributed by atoms with Crippen molar-refractivity contribution in [2.24, 2.45) is 0 Å². The number of aliphatic hydroxyl groups is 1. The van der Waals surface area contributed by atoms with E-state index in [1.807, 2.05) is 67.5 Å². The van der Waals surface area contributed by atoms with Crippen molar-refractivity contribution in [3.63, 3.8) is 0 Å². The lowest BCUT2D eigenvalue weighted by Gasteiger charge is -2.26. The molecule has 1 amide bonds. The number of ketones is 1. The minimum Gasteiger partial charge on any atom is -0.505 e. The third-order valence-electron chi connectivity index (χ3n) is 5.59. The summed E-state index contributed by atoms with van der Waals surface area (Å²) in [5.41, 5.74) is 2.59. The maximum absolute atomic E-state index is 13.1. The second kappa shape index (κ2) is 8.35. The van der Waals surface area contributed by atoms with Gasteiger partial charge in [0.15, 0.2) is 5.76 Å². The summed E-state index contributed by atoms with van der Waals surface area (Å²) >= 11 is 0. The quantitative estimate of drug-likeness (QED) is 0.378. The van der Waals surface area contributed by atoms with Gasteiger partial charge in [0.2, 0.25) is 0 Å². The number of aliphatic hydroxyl groups excluding tert-OH is 1. The van der Waals surface area contributed by atoms with Crippen LogP contribution in [0.2, 0.25) is 0 Å². The van der Waals surface area contributed by atoms with Crippen LogP contribution in [0.25, 0.3) is 11.4 Å². The van der Waals surface area contributed by atoms with Gasteiger partial charge >= 0.3 is 0 Å². The number of aryl methyl sites for hydroxylation is 1. The van der Waals surface area contributed by atoms with E-state index in [1.165, 1.54) is 0 Å². The van der Waals surface area contributed by atoms with Gasteiger partial charge in [-0.2, -0.15) is 0 Å². The summed E-state index contributed by atoms with van der Waals surface area (Å²) < 4.78 is 1.74. The Bertz CT molecular complexity index is 1160. The number of carbonyl (C=O) groups is 2. The molecule has 0 spiro atoms. The van der Waals surface area contributed by atoms with Crippen molar-refractivity contribution in [1.82, 2.24) is 19.2 Å². The maximum Gasteiger partial charge on any atom is 0.295 e. The van der Waals surface area contributed by atoms with Gasteiger partial charge in [0.05, 0.1) is 17.3 Å². The summed E-state index contributed by atoms with van der Waals surface area (Å²) in [5.74, 6) is -1.44. The standard InChI is InChI=1S/C24H26N4O3/c1-16-20(27-14-8-7-12-18(27)25-16)22(29)19-21(17-10-5-4-6-11-17)28(24(31)23(19)30)15-9-13-26(2)3/h4-8,10-12,14,21,29H,9,13,15H2,1-3H3/t21-/m1/s1. The van der Waals surface area contributed by atoms with Crippen molar-refractivity contribution in [1.29, 1.82) is 0 Å². The smallest absolute Gasteiger partial charge is 0.295 e. The number of Topliss-reactive ketones (excluding diaryl/α,β-unsaturated/α-hetero) is 1. The highest BCUT2D eigenvalue weighted by atomic mass is 16.3. The molecule has 0 aliphatic carbocycles. The average molecular weight is 418 g/mol. The first-order chi connectivity index (χ1) is 14.9. The summed E-state index contributed by atoms with van der Waals surface area (Å²) in [5, 5.41) is 11.4. The normalized spacial score (nSPS) is 18.5. The van der Waals surface area contributed by atoms with Crippen LogP contribution < -0.4 is 0 Å². The molecule has 1 atom stereocenters. The summed E-state index contributed by atoms with van der Waals surface area (Å²) in [4.78, 5) is 34.2. The largest absolute Gasteiger partial charge is 0.505 e. The molecular weight excluding hydrogens is 392 g/mol. The van der Waals surface area contributed by atoms with Crippen LogP contribution in [0.3, 0.4) is 0 Å². The highest BCUT2D eigenvalue weighted by molar-refractivity contribution is 6.46. The molecule has 31 heavy (non-hydrogen) atoms. The fraction of sp³-hybridized carbons (Fsp3) is 0.292. The van der Waals surface area contributed by atoms with Crippen LogP contribution in [0, 0.1) is 6.92 Å². The number of nitrogens with zero attached hydrogens (tertiary/aromatic N) is 4. The summed E-state index contributed by atoms with van der Waals surface area (Å²) in [6.07, 6.45) is 2.51. The summed E-state index contributed by atoms with van der Waals surface area (Å²) in [7, 11) is 3.94. The molecule has 7 heteroatoms. The van der Waals surface area contributed by atoms with Crippen molar-refractivity contribution in [2.75, 3.05) is 27.2 Å². The molecule has 4 rings (SSSR count). The molecule has 1 aromatic carbocycles. The van der Waals surface area contributed by atoms with E-state index in [-0.39, 0.29) is 11.3 Å². The van der Waals surface area contributed by atoms with Crippen LogP contribution >= 0.6 is 0 Å². The van der Waals surface area contributed by atoms with Crippen LogP contribution in [0.1, 0.15) is 29.4 Å². The number of rotatable bonds is 6. The number of hydrogen-bond acceptors (Lipinski definition) is 5. The fourth-order valence-corrected chi connectivity index (χ4v) is 4.18. The Balaban J connectivity index is 1.86. The van der Waals surface area contributed by atoms with Gasteiger partial charge < -0.3 is 14.9 Å². The van der Waals surface area contributed by atoms with Crippen LogP contribution in [-0.4, -0.2) is 63.2 Å². The first kappa shape index (κ1) is 20.8. The third kappa shape index (κ3) is 3.72. The molecular formula is C24H26N4O3. The topological polar surface area (TPSA) is 78.1 Å². The monoisotopic (exact) mass is 418 g/mol. The summed E-state index contributed by atoms with van der Waals surface area (Å²) in [6, 6.07) is 14.3. The Morgan fingerprint density at radius 3 is 2.52 bits per heavy atom. The zero-order valence-electron chi connectivity index (χ0n) is 17.9. The number of benzene rings is 1. The van der Waals surface area contributed by atoms with E-state index in [4.69, 9.17) is 0 Å². The van der Waals surface area contributed by atoms with Gasteiger partial charge in [-0.3, -0.25) is 14.0 Å². The predicted molar refractivity (Wildman–Crippen MR) is 119 cm³/mol. The number of carbonyl (C=O) groups excluding carboxylic acids is 2. The molecule has 1 aliphatic rings. The molecule has 7 nitrogen and oxygen atoms in total. The lowest BCUT2D eigenvalue weighted by atomic mass is 9.96. The maximum atomic E-state index is 13.1. The van der Waals surface area contributed by atoms with E-state index in [0.717, 1.165) is 18.5 Å². The number of hydrogen-bond donors (Lipinski definition) is 1. The van der Waals surface area contributed by atoms with Crippen molar-refractivity contribution < 1.29 is 14.7 Å². The molecule has 0 saturated carbocycles. The van der Waals surface area contributed by atoms with E-state index in [0.29, 0.717) is 23.6 Å². The number of aromatic nitrogens is 2. The fourth-order valence-electron chi connectivity index (χ4n) is 4.18. The molecule has 2 aromatic heterocycles. The first-order valence-electron chi connectivity index (χ1n) is 10.3. The molecule has 160 valence electrons. The van der Waals surface area contributed by atoms with E-state index < -0.39 is 17.7 Å². The minimum atomic E-state index is -0.665. The molecule has 3 heterocycles. The predicted octanol–water partition coefficient (Wildman–Crippen LogP) is 3.02. The lowest BCUT2D eigenvalue weighted by Crippen LogP contribution is -2.32. The number of imidazole rings is 1. The van der Waals surface area contributed by atoms with Gasteiger partial charge in [-0.1, -0.05) is 36.4 Å². The molecule has 1 saturated heterocycles. The molecule has 3 aromatic rings. The van der Waals surface area contributed by atoms with Gasteiger partial charge in [0, 0.05) is 12.7 Å². The second-order valence-electron chi connectivity index (χ2n) is 8.03. The first-order valence-corrected chi connectivity index (χ1v) is 10.3. The van der Waals surface area contributed by atoms with Crippen molar-refractivity contribution in [3.05, 3.63) is 77.3 Å². The Morgan fingerprint density at radius 2 is 1.81 bits per heavy atom. The molecule has 0 bridgehead atoms. The van der Waals surface area contributed by atoms with Crippen molar-refractivity contribution in [3.8, 4) is 0 Å². The zero-order valence-corrected chi connectivity index (χ0v) is 17.9. The number of pyridine rings is 1. The average Bonchev–Trinajstić information content (AvgIpc) is 3.22. The molecule has 1 aliphatic heterocycles. The third-order valence-corrected chi connectivity index (χ3v) is 5.59. The highest BCUT2D eigenvalue weighted by Crippen LogP contribution is 2.39. The van der Waals surface area contributed by atoms with Crippen LogP contribution in [0.15, 0.2) is 60.3 Å². The van der Waals surface area contributed by atoms with Gasteiger partial charge in [0.1, 0.15) is 11.3 Å². The Kier molecular flexibility index (Phi) is 5.61. The zero-order chi connectivity index (χ0) is 22.1. The SMILES string of the molecule is Cc1nc2ccccn2c1C(O)=C1C(=O)C(=O)N(CCCN(C)C)[C@@H]1c1ccccc1. The Morgan fingerprint density at radius 1 is 1.10 bits per heavy atom. The van der Waals surface area contributed by atoms with E-state index in [9.17, 15) is 14.7 Å². The molecule has 0 radical (unpaired) electrons. The molecule has 0 unspecified atom stereocenters. The Labute approximate surface area is 181 Å². The van der Waals surface area contributed by atoms with Gasteiger partial charge in [0.25, 0.3) is 11.7 Å². The number of fused-ring (bicyclic) bond motifs is 1. The van der Waals surface area contributed by atoms with E-state index >= 15 is 0 Å². The number of likely N-dealkylation sites (tertiary alicyclic amines) is 1. The molecule has 1 fully saturated rings. The van der Waals surface area contributed by atoms with Crippen LogP contribution in [-0.2, 0) is 9.59 Å². The van der Waals surface area contributed by atoms with Gasteiger partial charge in [-0.05, 0) is 51.7 Å². The van der Waals surface area contributed by atoms with Gasteiger partial charge in [-0.25, -0.2) is 4.98 Å². The van der Waals surface area contributed by atoms with Gasteiger partial charge in [-0.15, -0.1) is 0 Å². The number of amides is 1. The highest BCUT2D eigenvalue weighted by Gasteiger charge is 2.46. The minimum absolute atomic E-state index is 0.106. The summed E-state index contributed by atoms with van der Waals surface area (Å²) in [6.45, 7) is 2.99. The van der Waals surface area contributed by atoms with E-state index in [1.54, 1.807) is 22.4 Å².